The van der Waals surface area contributed by atoms with Gasteiger partial charge >= 0.3 is 0 Å². The first-order chi connectivity index (χ1) is 10.8. The molecule has 2 aromatic carbocycles. The Kier molecular flexibility index (Phi) is 3.42. The highest BCUT2D eigenvalue weighted by molar-refractivity contribution is 5.45. The Labute approximate surface area is 132 Å². The van der Waals surface area contributed by atoms with Crippen molar-refractivity contribution in [3.63, 3.8) is 0 Å². The number of rotatable bonds is 2. The summed E-state index contributed by atoms with van der Waals surface area (Å²) in [5.74, 6) is 2.15. The van der Waals surface area contributed by atoms with Crippen molar-refractivity contribution in [1.29, 1.82) is 0 Å². The molecule has 2 aliphatic rings. The summed E-state index contributed by atoms with van der Waals surface area (Å²) in [6.45, 7) is 1.22. The lowest BCUT2D eigenvalue weighted by Crippen LogP contribution is -2.34. The Morgan fingerprint density at radius 1 is 1.05 bits per heavy atom. The zero-order valence-electron chi connectivity index (χ0n) is 13.3. The van der Waals surface area contributed by atoms with E-state index in [0.29, 0.717) is 17.9 Å². The van der Waals surface area contributed by atoms with E-state index in [1.54, 1.807) is 12.7 Å². The SMILES string of the molecule is COc1cccc([C@@H]2C[C@H]3[C@H](CCN3C)c3ccccc32)c1. The maximum Gasteiger partial charge on any atom is 0.119 e. The first-order valence-electron chi connectivity index (χ1n) is 8.21. The lowest BCUT2D eigenvalue weighted by atomic mass is 9.71. The molecule has 1 aliphatic carbocycles. The van der Waals surface area contributed by atoms with Crippen molar-refractivity contribution in [2.45, 2.75) is 30.7 Å². The molecule has 2 nitrogen and oxygen atoms in total. The van der Waals surface area contributed by atoms with Crippen LogP contribution in [0.15, 0.2) is 48.5 Å². The summed E-state index contributed by atoms with van der Waals surface area (Å²) < 4.78 is 5.43. The molecule has 1 heterocycles. The number of likely N-dealkylation sites (tertiary alicyclic amines) is 1. The molecule has 4 rings (SSSR count). The average Bonchev–Trinajstić information content (AvgIpc) is 2.95. The third kappa shape index (κ3) is 2.14. The van der Waals surface area contributed by atoms with Crippen LogP contribution in [0.5, 0.6) is 5.75 Å². The van der Waals surface area contributed by atoms with Gasteiger partial charge in [0.25, 0.3) is 0 Å². The Hall–Kier alpha value is -1.80. The Balaban J connectivity index is 1.80. The summed E-state index contributed by atoms with van der Waals surface area (Å²) in [5.41, 5.74) is 4.47. The molecule has 0 N–H and O–H groups in total. The van der Waals surface area contributed by atoms with Gasteiger partial charge in [-0.05, 0) is 55.3 Å². The number of fused-ring (bicyclic) bond motifs is 3. The first-order valence-corrected chi connectivity index (χ1v) is 8.21. The molecule has 22 heavy (non-hydrogen) atoms. The fraction of sp³-hybridized carbons (Fsp3) is 0.400. The molecule has 1 fully saturated rings. The molecular weight excluding hydrogens is 270 g/mol. The molecule has 0 spiro atoms. The fourth-order valence-electron chi connectivity index (χ4n) is 4.42. The van der Waals surface area contributed by atoms with E-state index < -0.39 is 0 Å². The van der Waals surface area contributed by atoms with Crippen LogP contribution >= 0.6 is 0 Å². The number of nitrogens with zero attached hydrogens (tertiary/aromatic N) is 1. The van der Waals surface area contributed by atoms with Crippen molar-refractivity contribution in [2.75, 3.05) is 20.7 Å². The van der Waals surface area contributed by atoms with Crippen molar-refractivity contribution in [2.24, 2.45) is 0 Å². The van der Waals surface area contributed by atoms with E-state index in [4.69, 9.17) is 4.74 Å². The van der Waals surface area contributed by atoms with Crippen LogP contribution in [0.4, 0.5) is 0 Å². The number of ether oxygens (including phenoxy) is 1. The Morgan fingerprint density at radius 3 is 2.68 bits per heavy atom. The van der Waals surface area contributed by atoms with E-state index >= 15 is 0 Å². The van der Waals surface area contributed by atoms with Crippen molar-refractivity contribution in [3.05, 3.63) is 65.2 Å². The number of hydrogen-bond acceptors (Lipinski definition) is 2. The summed E-state index contributed by atoms with van der Waals surface area (Å²) in [7, 11) is 4.02. The second-order valence-corrected chi connectivity index (χ2v) is 6.64. The van der Waals surface area contributed by atoms with Gasteiger partial charge in [-0.15, -0.1) is 0 Å². The third-order valence-corrected chi connectivity index (χ3v) is 5.57. The van der Waals surface area contributed by atoms with Crippen LogP contribution in [0.1, 0.15) is 41.4 Å². The van der Waals surface area contributed by atoms with Crippen LogP contribution in [0.2, 0.25) is 0 Å². The molecule has 2 heteroatoms. The van der Waals surface area contributed by atoms with Gasteiger partial charge in [0.05, 0.1) is 7.11 Å². The van der Waals surface area contributed by atoms with Crippen molar-refractivity contribution in [1.82, 2.24) is 4.90 Å². The van der Waals surface area contributed by atoms with Crippen molar-refractivity contribution in [3.8, 4) is 5.75 Å². The van der Waals surface area contributed by atoms with Gasteiger partial charge < -0.3 is 9.64 Å². The largest absolute Gasteiger partial charge is 0.497 e. The predicted octanol–water partition coefficient (Wildman–Crippen LogP) is 4.02. The lowest BCUT2D eigenvalue weighted by molar-refractivity contribution is 0.265. The summed E-state index contributed by atoms with van der Waals surface area (Å²) in [4.78, 5) is 2.55. The van der Waals surface area contributed by atoms with Crippen LogP contribution < -0.4 is 4.74 Å². The molecule has 3 atom stereocenters. The molecule has 0 saturated carbocycles. The minimum absolute atomic E-state index is 0.480. The zero-order valence-corrected chi connectivity index (χ0v) is 13.3. The molecule has 1 aliphatic heterocycles. The van der Waals surface area contributed by atoms with Crippen LogP contribution in [0.25, 0.3) is 0 Å². The normalized spacial score (nSPS) is 27.3. The molecule has 2 aromatic rings. The van der Waals surface area contributed by atoms with E-state index in [2.05, 4.69) is 54.4 Å². The second-order valence-electron chi connectivity index (χ2n) is 6.64. The van der Waals surface area contributed by atoms with E-state index in [1.165, 1.54) is 30.5 Å². The summed E-state index contributed by atoms with van der Waals surface area (Å²) in [6, 6.07) is 18.3. The van der Waals surface area contributed by atoms with Crippen LogP contribution in [-0.2, 0) is 0 Å². The van der Waals surface area contributed by atoms with Gasteiger partial charge in [-0.25, -0.2) is 0 Å². The fourth-order valence-corrected chi connectivity index (χ4v) is 4.42. The average molecular weight is 293 g/mol. The second kappa shape index (κ2) is 5.44. The van der Waals surface area contributed by atoms with Gasteiger partial charge in [0.1, 0.15) is 5.75 Å². The van der Waals surface area contributed by atoms with Gasteiger partial charge in [-0.2, -0.15) is 0 Å². The maximum atomic E-state index is 5.43. The molecule has 1 saturated heterocycles. The Morgan fingerprint density at radius 2 is 1.86 bits per heavy atom. The standard InChI is InChI=1S/C20H23NO/c1-21-11-10-18-16-8-3-4-9-17(16)19(13-20(18)21)14-6-5-7-15(12-14)22-2/h3-9,12,18-20H,10-11,13H2,1-2H3/t18-,19+,20+/m1/s1. The van der Waals surface area contributed by atoms with E-state index in [1.807, 2.05) is 6.07 Å². The molecule has 0 aromatic heterocycles. The topological polar surface area (TPSA) is 12.5 Å². The summed E-state index contributed by atoms with van der Waals surface area (Å²) in [6.07, 6.45) is 2.51. The molecule has 0 radical (unpaired) electrons. The van der Waals surface area contributed by atoms with E-state index in [9.17, 15) is 0 Å². The number of hydrogen-bond donors (Lipinski definition) is 0. The highest BCUT2D eigenvalue weighted by Crippen LogP contribution is 2.48. The van der Waals surface area contributed by atoms with E-state index in [-0.39, 0.29) is 0 Å². The first kappa shape index (κ1) is 13.8. The van der Waals surface area contributed by atoms with Crippen LogP contribution in [-0.4, -0.2) is 31.6 Å². The monoisotopic (exact) mass is 293 g/mol. The third-order valence-electron chi connectivity index (χ3n) is 5.57. The van der Waals surface area contributed by atoms with Crippen LogP contribution in [0, 0.1) is 0 Å². The number of likely N-dealkylation sites (N-methyl/N-ethyl adjacent to an activating group) is 1. The van der Waals surface area contributed by atoms with Gasteiger partial charge in [0.15, 0.2) is 0 Å². The quantitative estimate of drug-likeness (QED) is 0.829. The molecule has 0 bridgehead atoms. The zero-order chi connectivity index (χ0) is 15.1. The Bertz CT molecular complexity index is 681. The van der Waals surface area contributed by atoms with Crippen molar-refractivity contribution >= 4 is 0 Å². The number of benzene rings is 2. The summed E-state index contributed by atoms with van der Waals surface area (Å²) in [5, 5.41) is 0. The lowest BCUT2D eigenvalue weighted by Gasteiger charge is -2.37. The minimum atomic E-state index is 0.480. The maximum absolute atomic E-state index is 5.43. The van der Waals surface area contributed by atoms with Gasteiger partial charge in [-0.3, -0.25) is 0 Å². The highest BCUT2D eigenvalue weighted by Gasteiger charge is 2.40. The predicted molar refractivity (Wildman–Crippen MR) is 89.7 cm³/mol. The molecular formula is C20H23NO. The van der Waals surface area contributed by atoms with Gasteiger partial charge in [0, 0.05) is 17.9 Å². The van der Waals surface area contributed by atoms with Gasteiger partial charge in [-0.1, -0.05) is 36.4 Å². The van der Waals surface area contributed by atoms with Gasteiger partial charge in [0.2, 0.25) is 0 Å². The molecule has 0 unspecified atom stereocenters. The smallest absolute Gasteiger partial charge is 0.119 e. The minimum Gasteiger partial charge on any atom is -0.497 e. The van der Waals surface area contributed by atoms with Crippen molar-refractivity contribution < 1.29 is 4.74 Å². The highest BCUT2D eigenvalue weighted by atomic mass is 16.5. The molecule has 0 amide bonds. The molecule has 114 valence electrons. The summed E-state index contributed by atoms with van der Waals surface area (Å²) >= 11 is 0. The van der Waals surface area contributed by atoms with Crippen LogP contribution in [0.3, 0.4) is 0 Å². The number of methoxy groups -OCH3 is 1. The van der Waals surface area contributed by atoms with E-state index in [0.717, 1.165) is 5.75 Å².